The van der Waals surface area contributed by atoms with E-state index in [4.69, 9.17) is 30.0 Å². The highest BCUT2D eigenvalue weighted by molar-refractivity contribution is 5.69. The smallest absolute Gasteiger partial charge is 0.330 e. The summed E-state index contributed by atoms with van der Waals surface area (Å²) in [7, 11) is 0. The van der Waals surface area contributed by atoms with Gasteiger partial charge in [0.2, 0.25) is 0 Å². The van der Waals surface area contributed by atoms with E-state index >= 15 is 0 Å². The molecule has 0 radical (unpaired) electrons. The number of hydrogen-bond donors (Lipinski definition) is 2. The van der Waals surface area contributed by atoms with Crippen LogP contribution in [0.15, 0.2) is 41.8 Å². The molecule has 2 N–H and O–H groups in total. The molecule has 294 valence electrons. The number of esters is 2. The minimum absolute atomic E-state index is 0.114. The predicted molar refractivity (Wildman–Crippen MR) is 192 cm³/mol. The summed E-state index contributed by atoms with van der Waals surface area (Å²) in [5, 5.41) is 7.47. The molecule has 0 amide bonds. The van der Waals surface area contributed by atoms with Crippen LogP contribution in [0, 0.1) is 13.8 Å². The summed E-state index contributed by atoms with van der Waals surface area (Å²) in [5.74, 6) is -0.757. The zero-order chi connectivity index (χ0) is 39.0. The van der Waals surface area contributed by atoms with Crippen LogP contribution in [0.5, 0.6) is 0 Å². The van der Waals surface area contributed by atoms with E-state index in [1.807, 2.05) is 0 Å². The Labute approximate surface area is 309 Å². The van der Waals surface area contributed by atoms with Gasteiger partial charge in [-0.1, -0.05) is 61.6 Å². The zero-order valence-corrected chi connectivity index (χ0v) is 30.6. The van der Waals surface area contributed by atoms with E-state index < -0.39 is 59.2 Å². The van der Waals surface area contributed by atoms with Crippen LogP contribution in [0.2, 0.25) is 0 Å². The Balaban J connectivity index is 1.00. The number of aromatic amines is 2. The number of carbonyl (C=O) groups excluding carboxylic acids is 2. The average molecular weight is 757 g/mol. The number of rotatable bonds is 21. The molecule has 54 heavy (non-hydrogen) atoms. The van der Waals surface area contributed by atoms with Crippen LogP contribution in [0.1, 0.15) is 113 Å². The van der Waals surface area contributed by atoms with E-state index in [1.165, 1.54) is 21.5 Å². The Morgan fingerprint density at radius 2 is 1.04 bits per heavy atom. The molecule has 20 nitrogen and oxygen atoms in total. The van der Waals surface area contributed by atoms with E-state index in [9.17, 15) is 28.8 Å². The Hall–Kier alpha value is -5.16. The molecule has 4 heterocycles. The minimum atomic E-state index is -0.770. The minimum Gasteiger partial charge on any atom is -0.463 e. The largest absolute Gasteiger partial charge is 0.463 e. The Kier molecular flexibility index (Phi) is 16.1. The molecular weight excluding hydrogens is 708 g/mol. The third-order valence-corrected chi connectivity index (χ3v) is 9.55. The molecule has 2 aliphatic heterocycles. The van der Waals surface area contributed by atoms with E-state index in [2.05, 4.69) is 30.0 Å². The normalized spacial score (nSPS) is 22.0. The topological polar surface area (TPSA) is 278 Å². The van der Waals surface area contributed by atoms with Gasteiger partial charge in [-0.15, -0.1) is 0 Å². The van der Waals surface area contributed by atoms with Crippen LogP contribution in [0.4, 0.5) is 0 Å². The highest BCUT2D eigenvalue weighted by atomic mass is 16.6. The molecule has 0 saturated carbocycles. The number of ether oxygens (including phenoxy) is 4. The summed E-state index contributed by atoms with van der Waals surface area (Å²) >= 11 is 0. The summed E-state index contributed by atoms with van der Waals surface area (Å²) in [6, 6.07) is -1.28. The molecule has 20 heteroatoms. The number of H-pyrrole nitrogens is 2. The summed E-state index contributed by atoms with van der Waals surface area (Å²) in [6.45, 7) is 2.89. The first-order chi connectivity index (χ1) is 26.0. The molecule has 0 bridgehead atoms. The van der Waals surface area contributed by atoms with Crippen LogP contribution in [0.3, 0.4) is 0 Å². The van der Waals surface area contributed by atoms with Gasteiger partial charge in [0.05, 0.1) is 12.1 Å². The molecule has 2 saturated heterocycles. The fourth-order valence-electron chi connectivity index (χ4n) is 6.49. The lowest BCUT2D eigenvalue weighted by Crippen LogP contribution is -2.33. The van der Waals surface area contributed by atoms with E-state index in [1.54, 1.807) is 13.8 Å². The van der Waals surface area contributed by atoms with Gasteiger partial charge in [0, 0.05) is 59.0 Å². The summed E-state index contributed by atoms with van der Waals surface area (Å²) < 4.78 is 25.0. The molecular formula is C34H48N10O10. The molecule has 0 spiro atoms. The second-order valence-electron chi connectivity index (χ2n) is 13.6. The van der Waals surface area contributed by atoms with E-state index in [-0.39, 0.29) is 50.8 Å². The van der Waals surface area contributed by atoms with Crippen LogP contribution >= 0.6 is 0 Å². The van der Waals surface area contributed by atoms with Gasteiger partial charge in [0.15, 0.2) is 0 Å². The Morgan fingerprint density at radius 1 is 0.685 bits per heavy atom. The molecule has 2 aromatic heterocycles. The van der Waals surface area contributed by atoms with Gasteiger partial charge in [-0.2, -0.15) is 0 Å². The Bertz CT molecular complexity index is 1790. The second kappa shape index (κ2) is 20.9. The number of nitrogens with zero attached hydrogens (tertiary/aromatic N) is 8. The third kappa shape index (κ3) is 12.2. The first-order valence-electron chi connectivity index (χ1n) is 18.4. The summed E-state index contributed by atoms with van der Waals surface area (Å²) in [4.78, 5) is 82.7. The fraction of sp³-hybridized carbons (Fsp3) is 0.706. The molecule has 2 fully saturated rings. The summed E-state index contributed by atoms with van der Waals surface area (Å²) in [6.07, 6.45) is 10.1. The van der Waals surface area contributed by atoms with Gasteiger partial charge < -0.3 is 18.9 Å². The number of azide groups is 2. The fourth-order valence-corrected chi connectivity index (χ4v) is 6.49. The van der Waals surface area contributed by atoms with E-state index in [0.717, 1.165) is 51.4 Å². The molecule has 4 rings (SSSR count). The summed E-state index contributed by atoms with van der Waals surface area (Å²) in [5.41, 5.74) is 16.3. The van der Waals surface area contributed by atoms with Crippen LogP contribution < -0.4 is 22.5 Å². The van der Waals surface area contributed by atoms with Crippen molar-refractivity contribution < 1.29 is 28.5 Å². The lowest BCUT2D eigenvalue weighted by Gasteiger charge is -2.17. The standard InChI is InChI=1S/C34H48N10O10/c1-21-17-43(33(49)37-31(21)47)27-15-23(39-41-35)25(53-27)19-51-29(45)13-11-9-7-5-3-4-6-8-10-12-14-30(46)52-20-26-24(40-42-36)16-28(54-26)44-18-22(2)32(48)38-34(44)50/h17-18,23-28H,3-16,19-20H2,1-2H3,(H,37,47,49)(H,38,48,50)/t23?,24?,25-,26-,27-,28-/m1/s1. The third-order valence-electron chi connectivity index (χ3n) is 9.55. The number of nitrogens with one attached hydrogen (secondary N) is 2. The first-order valence-corrected chi connectivity index (χ1v) is 18.4. The zero-order valence-electron chi connectivity index (χ0n) is 30.6. The highest BCUT2D eigenvalue weighted by Crippen LogP contribution is 2.31. The van der Waals surface area contributed by atoms with Gasteiger partial charge >= 0.3 is 23.3 Å². The van der Waals surface area contributed by atoms with Crippen molar-refractivity contribution in [2.45, 2.75) is 140 Å². The van der Waals surface area contributed by atoms with Gasteiger partial charge in [0.25, 0.3) is 11.1 Å². The maximum atomic E-state index is 12.3. The molecule has 0 aliphatic carbocycles. The van der Waals surface area contributed by atoms with Gasteiger partial charge in [-0.3, -0.25) is 38.3 Å². The highest BCUT2D eigenvalue weighted by Gasteiger charge is 2.38. The van der Waals surface area contributed by atoms with Crippen molar-refractivity contribution in [3.8, 4) is 0 Å². The lowest BCUT2D eigenvalue weighted by molar-refractivity contribution is -0.149. The van der Waals surface area contributed by atoms with Crippen molar-refractivity contribution in [1.82, 2.24) is 19.1 Å². The lowest BCUT2D eigenvalue weighted by atomic mass is 10.1. The number of carbonyl (C=O) groups is 2. The number of unbranched alkanes of at least 4 members (excludes halogenated alkanes) is 9. The van der Waals surface area contributed by atoms with Crippen LogP contribution in [-0.4, -0.2) is 68.5 Å². The number of aromatic nitrogens is 4. The van der Waals surface area contributed by atoms with Crippen molar-refractivity contribution in [2.24, 2.45) is 10.2 Å². The van der Waals surface area contributed by atoms with Gasteiger partial charge in [0.1, 0.15) is 37.9 Å². The van der Waals surface area contributed by atoms with Gasteiger partial charge in [-0.25, -0.2) is 9.59 Å². The van der Waals surface area contributed by atoms with Crippen molar-refractivity contribution in [3.63, 3.8) is 0 Å². The van der Waals surface area contributed by atoms with Gasteiger partial charge in [-0.05, 0) is 37.8 Å². The molecule has 0 aromatic carbocycles. The quantitative estimate of drug-likeness (QED) is 0.0595. The number of aryl methyl sites for hydroxylation is 2. The average Bonchev–Trinajstić information content (AvgIpc) is 3.73. The molecule has 2 unspecified atom stereocenters. The monoisotopic (exact) mass is 756 g/mol. The van der Waals surface area contributed by atoms with Crippen molar-refractivity contribution >= 4 is 11.9 Å². The Morgan fingerprint density at radius 3 is 1.39 bits per heavy atom. The van der Waals surface area contributed by atoms with Crippen molar-refractivity contribution in [3.05, 3.63) is 86.1 Å². The van der Waals surface area contributed by atoms with Crippen molar-refractivity contribution in [1.29, 1.82) is 0 Å². The molecule has 6 atom stereocenters. The SMILES string of the molecule is Cc1cn([C@H]2CC(N=[N+]=[N-])[C@@H](COC(=O)CCCCCCCCCCCCC(=O)OC[C@H]3O[C@@H](n4cc(C)c(=O)[nH]c4=O)CC3N=[N+]=[N-])O2)c(=O)[nH]c1=O. The van der Waals surface area contributed by atoms with E-state index in [0.29, 0.717) is 24.0 Å². The second-order valence-corrected chi connectivity index (χ2v) is 13.6. The molecule has 2 aromatic rings. The van der Waals surface area contributed by atoms with Crippen LogP contribution in [0.25, 0.3) is 20.9 Å². The first kappa shape index (κ1) is 41.6. The van der Waals surface area contributed by atoms with Crippen molar-refractivity contribution in [2.75, 3.05) is 13.2 Å². The maximum absolute atomic E-state index is 12.3. The number of hydrogen-bond acceptors (Lipinski definition) is 12. The molecule has 2 aliphatic rings. The maximum Gasteiger partial charge on any atom is 0.330 e. The predicted octanol–water partition coefficient (Wildman–Crippen LogP) is 4.40. The van der Waals surface area contributed by atoms with Crippen LogP contribution in [-0.2, 0) is 28.5 Å².